The molecular weight excluding hydrogens is 408 g/mol. The highest BCUT2D eigenvalue weighted by Gasteiger charge is 2.26. The van der Waals surface area contributed by atoms with Crippen LogP contribution in [0.3, 0.4) is 0 Å². The van der Waals surface area contributed by atoms with Gasteiger partial charge in [-0.1, -0.05) is 43.3 Å². The smallest absolute Gasteiger partial charge is 0.307 e. The van der Waals surface area contributed by atoms with Crippen LogP contribution in [0.1, 0.15) is 60.4 Å². The zero-order chi connectivity index (χ0) is 21.8. The van der Waals surface area contributed by atoms with E-state index < -0.39 is 16.1 Å². The van der Waals surface area contributed by atoms with Crippen molar-refractivity contribution < 1.29 is 13.2 Å². The number of rotatable bonds is 8. The number of carbonyl (C=O) groups excluding carboxylic acids is 1. The van der Waals surface area contributed by atoms with Gasteiger partial charge >= 0.3 is 6.03 Å². The maximum atomic E-state index is 12.6. The number of fused-ring (bicyclic) bond motifs is 2. The second-order valence-electron chi connectivity index (χ2n) is 9.03. The van der Waals surface area contributed by atoms with Crippen LogP contribution in [-0.4, -0.2) is 20.2 Å². The van der Waals surface area contributed by atoms with Crippen LogP contribution >= 0.6 is 0 Å². The van der Waals surface area contributed by atoms with Crippen molar-refractivity contribution >= 4 is 21.7 Å². The number of sulfonamides is 1. The molecule has 0 saturated carbocycles. The molecular formula is C25H32N2O3S. The fourth-order valence-electron chi connectivity index (χ4n) is 4.86. The van der Waals surface area contributed by atoms with Crippen molar-refractivity contribution in [3.05, 3.63) is 64.2 Å². The van der Waals surface area contributed by atoms with Crippen LogP contribution in [0.4, 0.5) is 10.5 Å². The lowest BCUT2D eigenvalue weighted by atomic mass is 9.99. The third kappa shape index (κ3) is 5.48. The predicted molar refractivity (Wildman–Crippen MR) is 125 cm³/mol. The fraction of sp³-hybridized carbons (Fsp3) is 0.480. The van der Waals surface area contributed by atoms with E-state index in [9.17, 15) is 13.2 Å². The molecule has 0 aromatic heterocycles. The molecule has 0 bridgehead atoms. The van der Waals surface area contributed by atoms with Crippen LogP contribution in [0, 0.1) is 5.92 Å². The summed E-state index contributed by atoms with van der Waals surface area (Å²) in [6.07, 6.45) is 8.55. The SMILES string of the molecule is CC(CCc1ccccc1)CCS(=O)(=O)NC(=O)Nc1c2c(cc3c1CCC3)CCC2. The van der Waals surface area contributed by atoms with Crippen molar-refractivity contribution in [3.63, 3.8) is 0 Å². The van der Waals surface area contributed by atoms with Gasteiger partial charge in [-0.15, -0.1) is 0 Å². The largest absolute Gasteiger partial charge is 0.332 e. The molecule has 2 aliphatic rings. The Kier molecular flexibility index (Phi) is 6.65. The average molecular weight is 441 g/mol. The van der Waals surface area contributed by atoms with Gasteiger partial charge in [0.25, 0.3) is 0 Å². The highest BCUT2D eigenvalue weighted by molar-refractivity contribution is 7.90. The molecule has 0 saturated heterocycles. The third-order valence-electron chi connectivity index (χ3n) is 6.61. The fourth-order valence-corrected chi connectivity index (χ4v) is 6.01. The number of hydrogen-bond donors (Lipinski definition) is 2. The van der Waals surface area contributed by atoms with Crippen LogP contribution in [0.25, 0.3) is 0 Å². The van der Waals surface area contributed by atoms with E-state index >= 15 is 0 Å². The van der Waals surface area contributed by atoms with Crippen LogP contribution in [-0.2, 0) is 42.1 Å². The van der Waals surface area contributed by atoms with Gasteiger partial charge in [-0.2, -0.15) is 0 Å². The minimum absolute atomic E-state index is 0.0403. The van der Waals surface area contributed by atoms with Gasteiger partial charge in [0.2, 0.25) is 10.0 Å². The molecule has 4 rings (SSSR count). The summed E-state index contributed by atoms with van der Waals surface area (Å²) >= 11 is 0. The van der Waals surface area contributed by atoms with E-state index in [4.69, 9.17) is 0 Å². The van der Waals surface area contributed by atoms with Gasteiger partial charge in [-0.05, 0) is 91.5 Å². The number of hydrogen-bond acceptors (Lipinski definition) is 3. The first kappa shape index (κ1) is 21.9. The summed E-state index contributed by atoms with van der Waals surface area (Å²) in [5.74, 6) is 0.224. The topological polar surface area (TPSA) is 75.3 Å². The number of urea groups is 1. The van der Waals surface area contributed by atoms with E-state index in [0.717, 1.165) is 57.1 Å². The van der Waals surface area contributed by atoms with E-state index in [1.807, 2.05) is 18.2 Å². The first-order valence-corrected chi connectivity index (χ1v) is 13.1. The molecule has 5 nitrogen and oxygen atoms in total. The molecule has 2 N–H and O–H groups in total. The molecule has 0 radical (unpaired) electrons. The lowest BCUT2D eigenvalue weighted by Gasteiger charge is -2.17. The van der Waals surface area contributed by atoms with E-state index in [1.165, 1.54) is 27.8 Å². The molecule has 1 unspecified atom stereocenters. The Morgan fingerprint density at radius 1 is 0.968 bits per heavy atom. The molecule has 31 heavy (non-hydrogen) atoms. The molecule has 0 spiro atoms. The molecule has 2 aromatic rings. The molecule has 0 aliphatic heterocycles. The van der Waals surface area contributed by atoms with Crippen LogP contribution < -0.4 is 10.0 Å². The quantitative estimate of drug-likeness (QED) is 0.621. The van der Waals surface area contributed by atoms with Crippen molar-refractivity contribution in [3.8, 4) is 0 Å². The Bertz CT molecular complexity index is 1020. The zero-order valence-electron chi connectivity index (χ0n) is 18.2. The van der Waals surface area contributed by atoms with Gasteiger partial charge in [0.05, 0.1) is 5.75 Å². The number of aryl methyl sites for hydroxylation is 3. The van der Waals surface area contributed by atoms with Crippen molar-refractivity contribution in [2.75, 3.05) is 11.1 Å². The molecule has 1 atom stereocenters. The highest BCUT2D eigenvalue weighted by Crippen LogP contribution is 2.38. The summed E-state index contributed by atoms with van der Waals surface area (Å²) in [4.78, 5) is 12.6. The first-order chi connectivity index (χ1) is 14.9. The molecule has 2 aromatic carbocycles. The Balaban J connectivity index is 1.31. The Morgan fingerprint density at radius 2 is 1.61 bits per heavy atom. The third-order valence-corrected chi connectivity index (χ3v) is 7.88. The molecule has 166 valence electrons. The van der Waals surface area contributed by atoms with Crippen molar-refractivity contribution in [1.29, 1.82) is 0 Å². The second-order valence-corrected chi connectivity index (χ2v) is 10.9. The number of amides is 2. The number of carbonyl (C=O) groups is 1. The highest BCUT2D eigenvalue weighted by atomic mass is 32.2. The van der Waals surface area contributed by atoms with Crippen LogP contribution in [0.2, 0.25) is 0 Å². The van der Waals surface area contributed by atoms with Gasteiger partial charge in [-0.25, -0.2) is 17.9 Å². The van der Waals surface area contributed by atoms with Gasteiger partial charge in [-0.3, -0.25) is 0 Å². The first-order valence-electron chi connectivity index (χ1n) is 11.4. The standard InChI is InChI=1S/C25H32N2O3S/c1-18(13-14-19-7-3-2-4-8-19)15-16-31(29,30)27-25(28)26-24-22-11-5-9-20(22)17-21-10-6-12-23(21)24/h2-4,7-8,17-18H,5-6,9-16H2,1H3,(H2,26,27,28). The summed E-state index contributed by atoms with van der Waals surface area (Å²) in [6.45, 7) is 2.06. The molecule has 2 aliphatic carbocycles. The van der Waals surface area contributed by atoms with E-state index in [1.54, 1.807) is 0 Å². The number of anilines is 1. The number of nitrogens with one attached hydrogen (secondary N) is 2. The summed E-state index contributed by atoms with van der Waals surface area (Å²) in [5, 5.41) is 2.90. The Labute approximate surface area is 185 Å². The van der Waals surface area contributed by atoms with Gasteiger partial charge in [0.15, 0.2) is 0 Å². The van der Waals surface area contributed by atoms with E-state index in [-0.39, 0.29) is 11.7 Å². The monoisotopic (exact) mass is 440 g/mol. The Morgan fingerprint density at radius 3 is 2.26 bits per heavy atom. The van der Waals surface area contributed by atoms with Crippen molar-refractivity contribution in [2.45, 2.75) is 64.7 Å². The zero-order valence-corrected chi connectivity index (χ0v) is 19.1. The predicted octanol–water partition coefficient (Wildman–Crippen LogP) is 4.77. The maximum absolute atomic E-state index is 12.6. The van der Waals surface area contributed by atoms with Crippen molar-refractivity contribution in [1.82, 2.24) is 4.72 Å². The van der Waals surface area contributed by atoms with Gasteiger partial charge in [0, 0.05) is 5.69 Å². The summed E-state index contributed by atoms with van der Waals surface area (Å²) < 4.78 is 27.2. The minimum atomic E-state index is -3.67. The number of benzene rings is 2. The normalized spacial score (nSPS) is 15.9. The molecule has 0 heterocycles. The summed E-state index contributed by atoms with van der Waals surface area (Å²) in [7, 11) is -3.67. The van der Waals surface area contributed by atoms with Crippen LogP contribution in [0.5, 0.6) is 0 Å². The van der Waals surface area contributed by atoms with Crippen LogP contribution in [0.15, 0.2) is 36.4 Å². The van der Waals surface area contributed by atoms with Crippen molar-refractivity contribution in [2.24, 2.45) is 5.92 Å². The minimum Gasteiger partial charge on any atom is -0.307 e. The van der Waals surface area contributed by atoms with E-state index in [0.29, 0.717) is 6.42 Å². The average Bonchev–Trinajstić information content (AvgIpc) is 3.40. The van der Waals surface area contributed by atoms with Gasteiger partial charge < -0.3 is 5.32 Å². The maximum Gasteiger partial charge on any atom is 0.332 e. The summed E-state index contributed by atoms with van der Waals surface area (Å²) in [5.41, 5.74) is 7.15. The lowest BCUT2D eigenvalue weighted by molar-refractivity contribution is 0.256. The second kappa shape index (κ2) is 9.43. The van der Waals surface area contributed by atoms with Gasteiger partial charge in [0.1, 0.15) is 0 Å². The summed E-state index contributed by atoms with van der Waals surface area (Å²) in [6, 6.07) is 11.9. The van der Waals surface area contributed by atoms with E-state index in [2.05, 4.69) is 35.2 Å². The Hall–Kier alpha value is -2.34. The molecule has 2 amide bonds. The molecule has 0 fully saturated rings. The lowest BCUT2D eigenvalue weighted by Crippen LogP contribution is -2.36. The molecule has 6 heteroatoms.